The zero-order valence-electron chi connectivity index (χ0n) is 12.3. The Morgan fingerprint density at radius 3 is 2.12 bits per heavy atom. The summed E-state index contributed by atoms with van der Waals surface area (Å²) in [6, 6.07) is 0.887. The van der Waals surface area contributed by atoms with E-state index < -0.39 is 0 Å². The Bertz CT molecular complexity index is 221. The predicted molar refractivity (Wildman–Crippen MR) is 73.3 cm³/mol. The summed E-state index contributed by atoms with van der Waals surface area (Å²) in [6.07, 6.45) is 2.12. The highest BCUT2D eigenvalue weighted by Gasteiger charge is 2.13. The summed E-state index contributed by atoms with van der Waals surface area (Å²) >= 11 is 0. The van der Waals surface area contributed by atoms with Gasteiger partial charge in [-0.2, -0.15) is 0 Å². The maximum atomic E-state index is 11.8. The van der Waals surface area contributed by atoms with Gasteiger partial charge in [0.15, 0.2) is 0 Å². The quantitative estimate of drug-likeness (QED) is 0.744. The molecule has 2 amide bonds. The van der Waals surface area contributed by atoms with Crippen molar-refractivity contribution in [1.29, 1.82) is 0 Å². The molecule has 0 fully saturated rings. The number of urea groups is 1. The molecule has 0 aromatic carbocycles. The highest BCUT2D eigenvalue weighted by atomic mass is 16.2. The Kier molecular flexibility index (Phi) is 7.96. The fourth-order valence-electron chi connectivity index (χ4n) is 1.47. The summed E-state index contributed by atoms with van der Waals surface area (Å²) in [4.78, 5) is 15.8. The van der Waals surface area contributed by atoms with Crippen molar-refractivity contribution >= 4 is 6.03 Å². The average Bonchev–Trinajstić information content (AvgIpc) is 2.35. The summed E-state index contributed by atoms with van der Waals surface area (Å²) in [5, 5.41) is 2.95. The van der Waals surface area contributed by atoms with Gasteiger partial charge < -0.3 is 15.1 Å². The number of nitrogens with one attached hydrogen (secondary N) is 1. The number of carbonyl (C=O) groups excluding carboxylic acids is 1. The van der Waals surface area contributed by atoms with Gasteiger partial charge in [0, 0.05) is 32.2 Å². The van der Waals surface area contributed by atoms with Crippen molar-refractivity contribution in [3.8, 4) is 0 Å². The molecule has 0 aliphatic heterocycles. The second kappa shape index (κ2) is 8.34. The first kappa shape index (κ1) is 16.2. The van der Waals surface area contributed by atoms with Crippen LogP contribution in [-0.2, 0) is 0 Å². The predicted octanol–water partition coefficient (Wildman–Crippen LogP) is 2.16. The van der Waals surface area contributed by atoms with Crippen molar-refractivity contribution in [2.24, 2.45) is 0 Å². The summed E-state index contributed by atoms with van der Waals surface area (Å²) in [6.45, 7) is 10.1. The minimum Gasteiger partial charge on any atom is -0.337 e. The van der Waals surface area contributed by atoms with E-state index in [1.54, 1.807) is 4.90 Å². The van der Waals surface area contributed by atoms with Crippen LogP contribution in [0.15, 0.2) is 0 Å². The number of carbonyl (C=O) groups is 1. The Morgan fingerprint density at radius 2 is 1.65 bits per heavy atom. The minimum atomic E-state index is 0.0249. The Balaban J connectivity index is 3.85. The third kappa shape index (κ3) is 5.91. The van der Waals surface area contributed by atoms with Gasteiger partial charge in [0.2, 0.25) is 0 Å². The van der Waals surface area contributed by atoms with Crippen LogP contribution in [0.4, 0.5) is 4.79 Å². The molecule has 0 unspecified atom stereocenters. The molecule has 0 heterocycles. The zero-order chi connectivity index (χ0) is 13.4. The summed E-state index contributed by atoms with van der Waals surface area (Å²) in [7, 11) is 3.95. The Hall–Kier alpha value is -0.770. The largest absolute Gasteiger partial charge is 0.337 e. The molecule has 17 heavy (non-hydrogen) atoms. The second-order valence-corrected chi connectivity index (χ2v) is 4.84. The molecule has 0 aromatic heterocycles. The normalized spacial score (nSPS) is 14.5. The van der Waals surface area contributed by atoms with Crippen LogP contribution in [0, 0.1) is 0 Å². The zero-order valence-corrected chi connectivity index (χ0v) is 12.3. The van der Waals surface area contributed by atoms with Gasteiger partial charge in [-0.3, -0.25) is 0 Å². The van der Waals surface area contributed by atoms with E-state index in [0.717, 1.165) is 19.4 Å². The number of likely N-dealkylation sites (N-methyl/N-ethyl adjacent to an activating group) is 1. The van der Waals surface area contributed by atoms with Crippen molar-refractivity contribution in [2.45, 2.75) is 52.6 Å². The van der Waals surface area contributed by atoms with Crippen LogP contribution in [0.2, 0.25) is 0 Å². The maximum Gasteiger partial charge on any atom is 0.317 e. The molecule has 0 spiro atoms. The monoisotopic (exact) mass is 243 g/mol. The SMILES string of the molecule is CC[C@@H](C)N(C)CCNC(=O)N(C)[C@H](C)CC. The van der Waals surface area contributed by atoms with Gasteiger partial charge in [-0.1, -0.05) is 13.8 Å². The van der Waals surface area contributed by atoms with Crippen molar-refractivity contribution in [3.63, 3.8) is 0 Å². The maximum absolute atomic E-state index is 11.8. The number of hydrogen-bond acceptors (Lipinski definition) is 2. The van der Waals surface area contributed by atoms with Crippen molar-refractivity contribution in [1.82, 2.24) is 15.1 Å². The van der Waals surface area contributed by atoms with Crippen LogP contribution in [0.1, 0.15) is 40.5 Å². The van der Waals surface area contributed by atoms with Gasteiger partial charge in [-0.15, -0.1) is 0 Å². The highest BCUT2D eigenvalue weighted by Crippen LogP contribution is 2.01. The minimum absolute atomic E-state index is 0.0249. The third-order valence-corrected chi connectivity index (χ3v) is 3.66. The highest BCUT2D eigenvalue weighted by molar-refractivity contribution is 5.74. The van der Waals surface area contributed by atoms with E-state index in [0.29, 0.717) is 18.6 Å². The van der Waals surface area contributed by atoms with E-state index in [1.807, 2.05) is 7.05 Å². The van der Waals surface area contributed by atoms with E-state index in [9.17, 15) is 4.79 Å². The molecule has 102 valence electrons. The smallest absolute Gasteiger partial charge is 0.317 e. The second-order valence-electron chi connectivity index (χ2n) is 4.84. The van der Waals surface area contributed by atoms with Crippen LogP contribution in [0.3, 0.4) is 0 Å². The molecule has 0 rings (SSSR count). The van der Waals surface area contributed by atoms with Crippen LogP contribution in [0.5, 0.6) is 0 Å². The molecule has 1 N–H and O–H groups in total. The van der Waals surface area contributed by atoms with Crippen LogP contribution < -0.4 is 5.32 Å². The molecular formula is C13H29N3O. The molecule has 0 aromatic rings. The van der Waals surface area contributed by atoms with Gasteiger partial charge in [0.05, 0.1) is 0 Å². The molecule has 0 bridgehead atoms. The Morgan fingerprint density at radius 1 is 1.12 bits per heavy atom. The van der Waals surface area contributed by atoms with Crippen molar-refractivity contribution in [3.05, 3.63) is 0 Å². The molecule has 0 saturated heterocycles. The number of amides is 2. The van der Waals surface area contributed by atoms with Crippen LogP contribution in [0.25, 0.3) is 0 Å². The van der Waals surface area contributed by atoms with Gasteiger partial charge in [0.1, 0.15) is 0 Å². The lowest BCUT2D eigenvalue weighted by atomic mass is 10.2. The summed E-state index contributed by atoms with van der Waals surface area (Å²) < 4.78 is 0. The fraction of sp³-hybridized carbons (Fsp3) is 0.923. The fourth-order valence-corrected chi connectivity index (χ4v) is 1.47. The van der Waals surface area contributed by atoms with E-state index in [-0.39, 0.29) is 6.03 Å². The molecule has 4 heteroatoms. The topological polar surface area (TPSA) is 35.6 Å². The summed E-state index contributed by atoms with van der Waals surface area (Å²) in [5.74, 6) is 0. The lowest BCUT2D eigenvalue weighted by molar-refractivity contribution is 0.188. The third-order valence-electron chi connectivity index (χ3n) is 3.66. The summed E-state index contributed by atoms with van der Waals surface area (Å²) in [5.41, 5.74) is 0. The molecule has 0 aliphatic rings. The van der Waals surface area contributed by atoms with Crippen LogP contribution >= 0.6 is 0 Å². The number of rotatable bonds is 7. The molecule has 0 radical (unpaired) electrons. The van der Waals surface area contributed by atoms with Crippen LogP contribution in [-0.4, -0.2) is 55.1 Å². The number of nitrogens with zero attached hydrogens (tertiary/aromatic N) is 2. The van der Waals surface area contributed by atoms with E-state index in [4.69, 9.17) is 0 Å². The number of hydrogen-bond donors (Lipinski definition) is 1. The molecular weight excluding hydrogens is 214 g/mol. The van der Waals surface area contributed by atoms with Gasteiger partial charge in [-0.05, 0) is 33.7 Å². The van der Waals surface area contributed by atoms with E-state index in [2.05, 4.69) is 45.0 Å². The standard InChI is InChI=1S/C13H29N3O/c1-7-11(3)15(5)10-9-14-13(17)16(6)12(4)8-2/h11-12H,7-10H2,1-6H3,(H,14,17)/t11-,12-/m1/s1. The average molecular weight is 243 g/mol. The first-order valence-corrected chi connectivity index (χ1v) is 6.64. The van der Waals surface area contributed by atoms with Gasteiger partial charge in [0.25, 0.3) is 0 Å². The lowest BCUT2D eigenvalue weighted by Gasteiger charge is -2.26. The van der Waals surface area contributed by atoms with Gasteiger partial charge >= 0.3 is 6.03 Å². The molecule has 0 saturated carbocycles. The van der Waals surface area contributed by atoms with Gasteiger partial charge in [-0.25, -0.2) is 4.79 Å². The molecule has 2 atom stereocenters. The van der Waals surface area contributed by atoms with Crippen molar-refractivity contribution in [2.75, 3.05) is 27.2 Å². The lowest BCUT2D eigenvalue weighted by Crippen LogP contribution is -2.45. The molecule has 4 nitrogen and oxygen atoms in total. The van der Waals surface area contributed by atoms with Crippen molar-refractivity contribution < 1.29 is 4.79 Å². The Labute approximate surface area is 106 Å². The van der Waals surface area contributed by atoms with E-state index in [1.165, 1.54) is 0 Å². The first-order valence-electron chi connectivity index (χ1n) is 6.64. The first-order chi connectivity index (χ1) is 7.93. The molecule has 0 aliphatic carbocycles. The van der Waals surface area contributed by atoms with E-state index >= 15 is 0 Å².